The highest BCUT2D eigenvalue weighted by Gasteiger charge is 2.06. The van der Waals surface area contributed by atoms with E-state index in [9.17, 15) is 9.65 Å². The number of rotatable bonds is 3. The molecule has 0 heterocycles. The fourth-order valence-corrected chi connectivity index (χ4v) is 1.99. The Hall–Kier alpha value is -2.31. The molecule has 0 saturated heterocycles. The Morgan fingerprint density at radius 2 is 2.10 bits per heavy atom. The van der Waals surface area contributed by atoms with Gasteiger partial charge in [-0.25, -0.2) is 4.39 Å². The van der Waals surface area contributed by atoms with Gasteiger partial charge in [0.05, 0.1) is 18.8 Å². The number of methoxy groups -OCH3 is 1. The number of nitriles is 1. The highest BCUT2D eigenvalue weighted by Crippen LogP contribution is 2.27. The second kappa shape index (κ2) is 6.23. The Kier molecular flexibility index (Phi) is 4.39. The van der Waals surface area contributed by atoms with Crippen LogP contribution in [0, 0.1) is 17.1 Å². The van der Waals surface area contributed by atoms with Gasteiger partial charge in [0.15, 0.2) is 0 Å². The molecule has 0 aromatic heterocycles. The smallest absolute Gasteiger partial charge is 0.126 e. The molecule has 100 valence electrons. The third-order valence-electron chi connectivity index (χ3n) is 2.75. The number of hydrogen-bond donors (Lipinski definition) is 0. The molecule has 0 fully saturated rings. The largest absolute Gasteiger partial charge is 0.496 e. The van der Waals surface area contributed by atoms with E-state index in [1.807, 2.05) is 0 Å². The summed E-state index contributed by atoms with van der Waals surface area (Å²) in [5, 5.41) is 9.79. The molecule has 0 spiro atoms. The SMILES string of the molecule is COc1ccc(Cl)cc1/C=C(\C#N)c1cccc(F)c1. The molecule has 2 aromatic carbocycles. The number of allylic oxidation sites excluding steroid dienone is 1. The topological polar surface area (TPSA) is 33.0 Å². The highest BCUT2D eigenvalue weighted by molar-refractivity contribution is 6.30. The highest BCUT2D eigenvalue weighted by atomic mass is 35.5. The third-order valence-corrected chi connectivity index (χ3v) is 2.98. The monoisotopic (exact) mass is 287 g/mol. The van der Waals surface area contributed by atoms with Crippen LogP contribution in [-0.2, 0) is 0 Å². The normalized spacial score (nSPS) is 11.0. The van der Waals surface area contributed by atoms with E-state index in [1.54, 1.807) is 36.4 Å². The average Bonchev–Trinajstić information content (AvgIpc) is 2.45. The fraction of sp³-hybridized carbons (Fsp3) is 0.0625. The van der Waals surface area contributed by atoms with Crippen LogP contribution in [0.3, 0.4) is 0 Å². The molecule has 2 nitrogen and oxygen atoms in total. The van der Waals surface area contributed by atoms with Crippen molar-refractivity contribution >= 4 is 23.3 Å². The lowest BCUT2D eigenvalue weighted by Crippen LogP contribution is -1.89. The van der Waals surface area contributed by atoms with Gasteiger partial charge in [0.1, 0.15) is 11.6 Å². The van der Waals surface area contributed by atoms with Crippen LogP contribution in [0.15, 0.2) is 42.5 Å². The van der Waals surface area contributed by atoms with E-state index in [1.165, 1.54) is 19.2 Å². The van der Waals surface area contributed by atoms with Crippen molar-refractivity contribution in [2.45, 2.75) is 0 Å². The second-order valence-electron chi connectivity index (χ2n) is 4.07. The minimum atomic E-state index is -0.387. The predicted molar refractivity (Wildman–Crippen MR) is 77.9 cm³/mol. The van der Waals surface area contributed by atoms with Gasteiger partial charge >= 0.3 is 0 Å². The maximum atomic E-state index is 13.2. The van der Waals surface area contributed by atoms with Crippen LogP contribution in [-0.4, -0.2) is 7.11 Å². The molecule has 0 N–H and O–H groups in total. The van der Waals surface area contributed by atoms with E-state index in [4.69, 9.17) is 16.3 Å². The van der Waals surface area contributed by atoms with E-state index in [-0.39, 0.29) is 5.82 Å². The summed E-state index contributed by atoms with van der Waals surface area (Å²) in [4.78, 5) is 0. The van der Waals surface area contributed by atoms with Crippen LogP contribution in [0.5, 0.6) is 5.75 Å². The standard InChI is InChI=1S/C16H11ClFNO/c1-20-16-6-5-14(17)8-12(16)7-13(10-19)11-3-2-4-15(18)9-11/h2-9H,1H3/b13-7+. The maximum absolute atomic E-state index is 13.2. The van der Waals surface area contributed by atoms with Crippen LogP contribution in [0.25, 0.3) is 11.6 Å². The van der Waals surface area contributed by atoms with Crippen LogP contribution in [0.1, 0.15) is 11.1 Å². The molecular formula is C16H11ClFNO. The summed E-state index contributed by atoms with van der Waals surface area (Å²) >= 11 is 5.94. The fourth-order valence-electron chi connectivity index (χ4n) is 1.81. The van der Waals surface area contributed by atoms with Crippen molar-refractivity contribution < 1.29 is 9.13 Å². The van der Waals surface area contributed by atoms with Gasteiger partial charge in [0.25, 0.3) is 0 Å². The third kappa shape index (κ3) is 3.17. The summed E-state index contributed by atoms with van der Waals surface area (Å²) in [6.45, 7) is 0. The maximum Gasteiger partial charge on any atom is 0.126 e. The minimum absolute atomic E-state index is 0.338. The predicted octanol–water partition coefficient (Wildman–Crippen LogP) is 4.55. The molecule has 20 heavy (non-hydrogen) atoms. The van der Waals surface area contributed by atoms with E-state index in [0.717, 1.165) is 0 Å². The van der Waals surface area contributed by atoms with E-state index in [2.05, 4.69) is 6.07 Å². The minimum Gasteiger partial charge on any atom is -0.496 e. The molecule has 0 aliphatic rings. The van der Waals surface area contributed by atoms with Crippen LogP contribution >= 0.6 is 11.6 Å². The summed E-state index contributed by atoms with van der Waals surface area (Å²) in [7, 11) is 1.54. The van der Waals surface area contributed by atoms with Crippen molar-refractivity contribution in [1.82, 2.24) is 0 Å². The average molecular weight is 288 g/mol. The molecule has 2 aromatic rings. The second-order valence-corrected chi connectivity index (χ2v) is 4.50. The molecule has 0 radical (unpaired) electrons. The zero-order valence-corrected chi connectivity index (χ0v) is 11.5. The summed E-state index contributed by atoms with van der Waals surface area (Å²) in [5.41, 5.74) is 1.51. The number of halogens is 2. The van der Waals surface area contributed by atoms with Crippen molar-refractivity contribution in [2.75, 3.05) is 7.11 Å². The number of ether oxygens (including phenoxy) is 1. The van der Waals surface area contributed by atoms with Gasteiger partial charge in [-0.3, -0.25) is 0 Å². The van der Waals surface area contributed by atoms with Gasteiger partial charge < -0.3 is 4.74 Å². The number of nitrogens with zero attached hydrogens (tertiary/aromatic N) is 1. The van der Waals surface area contributed by atoms with Gasteiger partial charge in [-0.1, -0.05) is 23.7 Å². The Morgan fingerprint density at radius 1 is 1.30 bits per heavy atom. The zero-order valence-electron chi connectivity index (χ0n) is 10.7. The lowest BCUT2D eigenvalue weighted by Gasteiger charge is -2.06. The van der Waals surface area contributed by atoms with Crippen LogP contribution < -0.4 is 4.74 Å². The van der Waals surface area contributed by atoms with Crippen molar-refractivity contribution in [3.63, 3.8) is 0 Å². The molecule has 0 bridgehead atoms. The molecule has 0 unspecified atom stereocenters. The van der Waals surface area contributed by atoms with E-state index >= 15 is 0 Å². The first-order valence-corrected chi connectivity index (χ1v) is 6.23. The number of benzene rings is 2. The van der Waals surface area contributed by atoms with Crippen molar-refractivity contribution in [2.24, 2.45) is 0 Å². The Balaban J connectivity index is 2.52. The van der Waals surface area contributed by atoms with Crippen LogP contribution in [0.2, 0.25) is 5.02 Å². The summed E-state index contributed by atoms with van der Waals surface area (Å²) in [6.07, 6.45) is 1.62. The summed E-state index contributed by atoms with van der Waals surface area (Å²) in [5.74, 6) is 0.209. The van der Waals surface area contributed by atoms with E-state index in [0.29, 0.717) is 27.5 Å². The molecule has 0 amide bonds. The lowest BCUT2D eigenvalue weighted by molar-refractivity contribution is 0.414. The van der Waals surface area contributed by atoms with E-state index < -0.39 is 0 Å². The molecule has 0 aliphatic carbocycles. The molecule has 0 saturated carbocycles. The molecule has 4 heteroatoms. The van der Waals surface area contributed by atoms with Crippen LogP contribution in [0.4, 0.5) is 4.39 Å². The first-order chi connectivity index (χ1) is 9.63. The lowest BCUT2D eigenvalue weighted by atomic mass is 10.0. The van der Waals surface area contributed by atoms with Crippen molar-refractivity contribution in [1.29, 1.82) is 5.26 Å². The van der Waals surface area contributed by atoms with Gasteiger partial charge in [-0.05, 0) is 42.0 Å². The Morgan fingerprint density at radius 3 is 2.75 bits per heavy atom. The Labute approximate surface area is 121 Å². The summed E-state index contributed by atoms with van der Waals surface area (Å²) < 4.78 is 18.4. The summed E-state index contributed by atoms with van der Waals surface area (Å²) in [6, 6.07) is 13.0. The molecule has 0 atom stereocenters. The molecular weight excluding hydrogens is 277 g/mol. The Bertz CT molecular complexity index is 704. The molecule has 2 rings (SSSR count). The first kappa shape index (κ1) is 14.1. The molecule has 0 aliphatic heterocycles. The van der Waals surface area contributed by atoms with Gasteiger partial charge in [-0.2, -0.15) is 5.26 Å². The van der Waals surface area contributed by atoms with Crippen molar-refractivity contribution in [3.8, 4) is 11.8 Å². The number of hydrogen-bond acceptors (Lipinski definition) is 2. The van der Waals surface area contributed by atoms with Crippen molar-refractivity contribution in [3.05, 3.63) is 64.4 Å². The zero-order chi connectivity index (χ0) is 14.5. The van der Waals surface area contributed by atoms with Gasteiger partial charge in [-0.15, -0.1) is 0 Å². The first-order valence-electron chi connectivity index (χ1n) is 5.85. The quantitative estimate of drug-likeness (QED) is 0.613. The van der Waals surface area contributed by atoms with Gasteiger partial charge in [0, 0.05) is 10.6 Å². The van der Waals surface area contributed by atoms with Gasteiger partial charge in [0.2, 0.25) is 0 Å².